The first kappa shape index (κ1) is 24.9. The summed E-state index contributed by atoms with van der Waals surface area (Å²) >= 11 is 5.16. The van der Waals surface area contributed by atoms with Crippen molar-refractivity contribution in [2.45, 2.75) is 32.6 Å². The Bertz CT molecular complexity index is 1140. The van der Waals surface area contributed by atoms with Gasteiger partial charge in [-0.15, -0.1) is 0 Å². The fourth-order valence-corrected chi connectivity index (χ4v) is 3.36. The fourth-order valence-electron chi connectivity index (χ4n) is 3.21. The molecule has 7 heteroatoms. The lowest BCUT2D eigenvalue weighted by atomic mass is 9.87. The highest BCUT2D eigenvalue weighted by atomic mass is 32.1. The standard InChI is InChI=1S/C27H29N3O3S/c1-27(2,3)21-15-13-20(14-16-21)24(31)29-30-26(34)28-25(32)22-11-7-8-12-23(22)33-18-17-19-9-5-4-6-10-19/h4-16H,17-18H2,1-3H3,(H,29,31)(H2,28,30,32,34). The zero-order valence-corrected chi connectivity index (χ0v) is 20.4. The molecule has 0 atom stereocenters. The Morgan fingerprint density at radius 1 is 0.824 bits per heavy atom. The lowest BCUT2D eigenvalue weighted by Gasteiger charge is -2.19. The highest BCUT2D eigenvalue weighted by molar-refractivity contribution is 7.80. The van der Waals surface area contributed by atoms with Crippen LogP contribution in [0.25, 0.3) is 0 Å². The van der Waals surface area contributed by atoms with Gasteiger partial charge in [0.1, 0.15) is 5.75 Å². The van der Waals surface area contributed by atoms with Gasteiger partial charge in [0, 0.05) is 12.0 Å². The first-order chi connectivity index (χ1) is 16.2. The van der Waals surface area contributed by atoms with Gasteiger partial charge in [-0.2, -0.15) is 0 Å². The maximum absolute atomic E-state index is 12.7. The van der Waals surface area contributed by atoms with E-state index in [1.54, 1.807) is 36.4 Å². The summed E-state index contributed by atoms with van der Waals surface area (Å²) in [5.41, 5.74) is 8.18. The molecule has 6 nitrogen and oxygen atoms in total. The molecular formula is C27H29N3O3S. The van der Waals surface area contributed by atoms with Gasteiger partial charge >= 0.3 is 0 Å². The van der Waals surface area contributed by atoms with Gasteiger partial charge in [0.15, 0.2) is 5.11 Å². The van der Waals surface area contributed by atoms with E-state index in [1.165, 1.54) is 0 Å². The summed E-state index contributed by atoms with van der Waals surface area (Å²) in [5.74, 6) is -0.333. The first-order valence-corrected chi connectivity index (χ1v) is 11.4. The van der Waals surface area contributed by atoms with Gasteiger partial charge in [-0.1, -0.05) is 75.4 Å². The maximum atomic E-state index is 12.7. The summed E-state index contributed by atoms with van der Waals surface area (Å²) in [5, 5.41) is 2.54. The predicted octanol–water partition coefficient (Wildman–Crippen LogP) is 4.55. The molecule has 3 aromatic carbocycles. The molecule has 0 saturated heterocycles. The average Bonchev–Trinajstić information content (AvgIpc) is 2.83. The van der Waals surface area contributed by atoms with Crippen molar-refractivity contribution in [3.05, 3.63) is 101 Å². The Kier molecular flexibility index (Phi) is 8.38. The normalized spacial score (nSPS) is 10.8. The van der Waals surface area contributed by atoms with Gasteiger partial charge in [-0.3, -0.25) is 25.8 Å². The van der Waals surface area contributed by atoms with Crippen molar-refractivity contribution < 1.29 is 14.3 Å². The van der Waals surface area contributed by atoms with E-state index < -0.39 is 5.91 Å². The zero-order chi connectivity index (χ0) is 24.6. The summed E-state index contributed by atoms with van der Waals surface area (Å²) in [6.45, 7) is 6.76. The number of nitrogens with one attached hydrogen (secondary N) is 3. The summed E-state index contributed by atoms with van der Waals surface area (Å²) in [6.07, 6.45) is 0.722. The van der Waals surface area contributed by atoms with Gasteiger partial charge in [0.25, 0.3) is 11.8 Å². The quantitative estimate of drug-likeness (QED) is 0.360. The summed E-state index contributed by atoms with van der Waals surface area (Å²) in [6, 6.07) is 24.3. The topological polar surface area (TPSA) is 79.5 Å². The van der Waals surface area contributed by atoms with Crippen molar-refractivity contribution in [1.82, 2.24) is 16.2 Å². The van der Waals surface area contributed by atoms with E-state index in [1.807, 2.05) is 42.5 Å². The smallest absolute Gasteiger partial charge is 0.269 e. The van der Waals surface area contributed by atoms with Crippen molar-refractivity contribution in [3.63, 3.8) is 0 Å². The number of hydrazine groups is 1. The Labute approximate surface area is 205 Å². The summed E-state index contributed by atoms with van der Waals surface area (Å²) < 4.78 is 5.84. The van der Waals surface area contributed by atoms with Crippen LogP contribution in [0.5, 0.6) is 5.75 Å². The van der Waals surface area contributed by atoms with Crippen LogP contribution in [0.2, 0.25) is 0 Å². The van der Waals surface area contributed by atoms with Gasteiger partial charge in [-0.25, -0.2) is 0 Å². The molecule has 0 unspecified atom stereocenters. The van der Waals surface area contributed by atoms with Crippen molar-refractivity contribution in [2.24, 2.45) is 0 Å². The number of carbonyl (C=O) groups excluding carboxylic acids is 2. The number of para-hydroxylation sites is 1. The number of hydrogen-bond acceptors (Lipinski definition) is 4. The highest BCUT2D eigenvalue weighted by Gasteiger charge is 2.16. The monoisotopic (exact) mass is 475 g/mol. The molecule has 34 heavy (non-hydrogen) atoms. The molecule has 0 radical (unpaired) electrons. The summed E-state index contributed by atoms with van der Waals surface area (Å²) in [4.78, 5) is 25.1. The molecule has 3 rings (SSSR count). The Hall–Kier alpha value is -3.71. The van der Waals surface area contributed by atoms with Crippen LogP contribution in [0.15, 0.2) is 78.9 Å². The van der Waals surface area contributed by atoms with E-state index in [4.69, 9.17) is 17.0 Å². The Morgan fingerprint density at radius 2 is 1.47 bits per heavy atom. The number of hydrogen-bond donors (Lipinski definition) is 3. The van der Waals surface area contributed by atoms with E-state index in [0.717, 1.165) is 17.5 Å². The molecule has 0 saturated carbocycles. The third-order valence-electron chi connectivity index (χ3n) is 5.15. The van der Waals surface area contributed by atoms with Crippen LogP contribution in [-0.4, -0.2) is 23.5 Å². The van der Waals surface area contributed by atoms with E-state index in [-0.39, 0.29) is 16.4 Å². The lowest BCUT2D eigenvalue weighted by molar-refractivity contribution is 0.0933. The van der Waals surface area contributed by atoms with E-state index in [0.29, 0.717) is 23.5 Å². The predicted molar refractivity (Wildman–Crippen MR) is 138 cm³/mol. The molecule has 0 fully saturated rings. The number of thiocarbonyl (C=S) groups is 1. The second-order valence-electron chi connectivity index (χ2n) is 8.77. The Morgan fingerprint density at radius 3 is 2.15 bits per heavy atom. The largest absolute Gasteiger partial charge is 0.492 e. The van der Waals surface area contributed by atoms with Crippen LogP contribution in [0.4, 0.5) is 0 Å². The Balaban J connectivity index is 1.51. The highest BCUT2D eigenvalue weighted by Crippen LogP contribution is 2.22. The molecule has 0 aliphatic carbocycles. The minimum absolute atomic E-state index is 0.000651. The molecule has 176 valence electrons. The van der Waals surface area contributed by atoms with Crippen molar-refractivity contribution in [3.8, 4) is 5.75 Å². The second kappa shape index (κ2) is 11.4. The molecule has 3 N–H and O–H groups in total. The molecule has 0 spiro atoms. The molecule has 0 aromatic heterocycles. The van der Waals surface area contributed by atoms with Crippen LogP contribution in [0.3, 0.4) is 0 Å². The van der Waals surface area contributed by atoms with Crippen LogP contribution in [0, 0.1) is 0 Å². The molecule has 0 aliphatic rings. The van der Waals surface area contributed by atoms with Crippen molar-refractivity contribution in [2.75, 3.05) is 6.61 Å². The maximum Gasteiger partial charge on any atom is 0.269 e. The first-order valence-electron chi connectivity index (χ1n) is 11.0. The lowest BCUT2D eigenvalue weighted by Crippen LogP contribution is -2.48. The third-order valence-corrected chi connectivity index (χ3v) is 5.36. The van der Waals surface area contributed by atoms with Crippen LogP contribution in [0.1, 0.15) is 52.6 Å². The van der Waals surface area contributed by atoms with Gasteiger partial charge < -0.3 is 4.74 Å². The van der Waals surface area contributed by atoms with E-state index >= 15 is 0 Å². The number of ether oxygens (including phenoxy) is 1. The molecule has 2 amide bonds. The minimum Gasteiger partial charge on any atom is -0.492 e. The molecule has 0 aliphatic heterocycles. The van der Waals surface area contributed by atoms with Crippen LogP contribution in [-0.2, 0) is 11.8 Å². The van der Waals surface area contributed by atoms with E-state index in [2.05, 4.69) is 36.9 Å². The number of amides is 2. The van der Waals surface area contributed by atoms with E-state index in [9.17, 15) is 9.59 Å². The molecule has 0 heterocycles. The van der Waals surface area contributed by atoms with Crippen LogP contribution < -0.4 is 20.9 Å². The number of carbonyl (C=O) groups is 2. The number of benzene rings is 3. The van der Waals surface area contributed by atoms with Gasteiger partial charge in [0.05, 0.1) is 12.2 Å². The fraction of sp³-hybridized carbons (Fsp3) is 0.222. The minimum atomic E-state index is -0.434. The van der Waals surface area contributed by atoms with Gasteiger partial charge in [0.2, 0.25) is 0 Å². The summed E-state index contributed by atoms with van der Waals surface area (Å²) in [7, 11) is 0. The van der Waals surface area contributed by atoms with Crippen molar-refractivity contribution in [1.29, 1.82) is 0 Å². The van der Waals surface area contributed by atoms with Gasteiger partial charge in [-0.05, 0) is 53.0 Å². The van der Waals surface area contributed by atoms with Crippen molar-refractivity contribution >= 4 is 29.1 Å². The SMILES string of the molecule is CC(C)(C)c1ccc(C(=O)NNC(=S)NC(=O)c2ccccc2OCCc2ccccc2)cc1. The zero-order valence-electron chi connectivity index (χ0n) is 19.6. The second-order valence-corrected chi connectivity index (χ2v) is 9.18. The molecule has 3 aromatic rings. The number of rotatable bonds is 6. The molecule has 0 bridgehead atoms. The molecular weight excluding hydrogens is 446 g/mol. The average molecular weight is 476 g/mol. The van der Waals surface area contributed by atoms with Crippen LogP contribution >= 0.6 is 12.2 Å². The third kappa shape index (κ3) is 7.15.